The minimum atomic E-state index is 0.0729. The van der Waals surface area contributed by atoms with Gasteiger partial charge in [0, 0.05) is 0 Å². The molecule has 0 saturated heterocycles. The van der Waals surface area contributed by atoms with Crippen LogP contribution in [0.15, 0.2) is 4.99 Å². The molecule has 0 aromatic heterocycles. The maximum Gasteiger partial charge on any atom is 0.170 e. The zero-order valence-corrected chi connectivity index (χ0v) is 7.47. The van der Waals surface area contributed by atoms with Crippen molar-refractivity contribution in [1.82, 2.24) is 0 Å². The predicted octanol–water partition coefficient (Wildman–Crippen LogP) is 2.38. The normalized spacial score (nSPS) is 20.2. The van der Waals surface area contributed by atoms with Gasteiger partial charge in [0.05, 0.1) is 6.54 Å². The van der Waals surface area contributed by atoms with Crippen molar-refractivity contribution >= 4 is 6.40 Å². The maximum absolute atomic E-state index is 5.53. The number of hydrogen-bond donors (Lipinski definition) is 0. The molecular formula is C9H17NO. The molecule has 0 bridgehead atoms. The summed E-state index contributed by atoms with van der Waals surface area (Å²) in [5.41, 5.74) is 0.0729. The van der Waals surface area contributed by atoms with Crippen LogP contribution in [-0.4, -0.2) is 18.5 Å². The SMILES string of the molecule is CCCC1(CCC)CN=CO1. The van der Waals surface area contributed by atoms with Crippen molar-refractivity contribution in [2.45, 2.75) is 45.1 Å². The molecular weight excluding hydrogens is 138 g/mol. The fourth-order valence-corrected chi connectivity index (χ4v) is 1.70. The van der Waals surface area contributed by atoms with Gasteiger partial charge >= 0.3 is 0 Å². The Morgan fingerprint density at radius 3 is 2.36 bits per heavy atom. The summed E-state index contributed by atoms with van der Waals surface area (Å²) in [7, 11) is 0. The molecule has 0 spiro atoms. The van der Waals surface area contributed by atoms with E-state index in [2.05, 4.69) is 18.8 Å². The second-order valence-electron chi connectivity index (χ2n) is 3.25. The molecule has 0 aliphatic carbocycles. The van der Waals surface area contributed by atoms with Gasteiger partial charge in [-0.1, -0.05) is 26.7 Å². The lowest BCUT2D eigenvalue weighted by molar-refractivity contribution is 0.0727. The highest BCUT2D eigenvalue weighted by molar-refractivity contribution is 5.50. The molecule has 0 atom stereocenters. The lowest BCUT2D eigenvalue weighted by Crippen LogP contribution is -2.31. The molecule has 0 fully saturated rings. The molecule has 1 aliphatic rings. The largest absolute Gasteiger partial charge is 0.475 e. The Morgan fingerprint density at radius 1 is 1.36 bits per heavy atom. The Balaban J connectivity index is 2.43. The predicted molar refractivity (Wildman–Crippen MR) is 47.0 cm³/mol. The van der Waals surface area contributed by atoms with Gasteiger partial charge in [-0.3, -0.25) is 4.99 Å². The molecule has 0 aromatic rings. The summed E-state index contributed by atoms with van der Waals surface area (Å²) in [4.78, 5) is 4.13. The van der Waals surface area contributed by atoms with E-state index in [1.807, 2.05) is 0 Å². The van der Waals surface area contributed by atoms with E-state index in [0.29, 0.717) is 0 Å². The summed E-state index contributed by atoms with van der Waals surface area (Å²) in [5.74, 6) is 0. The fraction of sp³-hybridized carbons (Fsp3) is 0.889. The molecule has 1 heterocycles. The first-order chi connectivity index (χ1) is 5.33. The fourth-order valence-electron chi connectivity index (χ4n) is 1.70. The average molecular weight is 155 g/mol. The van der Waals surface area contributed by atoms with Gasteiger partial charge in [-0.05, 0) is 12.8 Å². The quantitative estimate of drug-likeness (QED) is 0.610. The first-order valence-corrected chi connectivity index (χ1v) is 4.49. The van der Waals surface area contributed by atoms with Crippen molar-refractivity contribution < 1.29 is 4.74 Å². The molecule has 64 valence electrons. The Morgan fingerprint density at radius 2 is 2.00 bits per heavy atom. The second kappa shape index (κ2) is 3.74. The van der Waals surface area contributed by atoms with Crippen LogP contribution in [0.5, 0.6) is 0 Å². The van der Waals surface area contributed by atoms with E-state index >= 15 is 0 Å². The van der Waals surface area contributed by atoms with Crippen LogP contribution in [-0.2, 0) is 4.74 Å². The van der Waals surface area contributed by atoms with Gasteiger partial charge in [-0.2, -0.15) is 0 Å². The number of nitrogens with zero attached hydrogens (tertiary/aromatic N) is 1. The van der Waals surface area contributed by atoms with Crippen molar-refractivity contribution in [3.63, 3.8) is 0 Å². The highest BCUT2D eigenvalue weighted by atomic mass is 16.5. The van der Waals surface area contributed by atoms with E-state index in [4.69, 9.17) is 4.74 Å². The highest BCUT2D eigenvalue weighted by Gasteiger charge is 2.31. The first-order valence-electron chi connectivity index (χ1n) is 4.49. The summed E-state index contributed by atoms with van der Waals surface area (Å²) in [6.45, 7) is 5.26. The lowest BCUT2D eigenvalue weighted by Gasteiger charge is -2.26. The van der Waals surface area contributed by atoms with Gasteiger partial charge in [-0.25, -0.2) is 0 Å². The molecule has 2 heteroatoms. The third kappa shape index (κ3) is 1.95. The molecule has 0 saturated carbocycles. The van der Waals surface area contributed by atoms with Gasteiger partial charge in [0.15, 0.2) is 6.40 Å². The van der Waals surface area contributed by atoms with E-state index in [1.54, 1.807) is 6.40 Å². The smallest absolute Gasteiger partial charge is 0.170 e. The van der Waals surface area contributed by atoms with Crippen LogP contribution >= 0.6 is 0 Å². The minimum absolute atomic E-state index is 0.0729. The zero-order valence-electron chi connectivity index (χ0n) is 7.47. The van der Waals surface area contributed by atoms with Crippen molar-refractivity contribution in [3.8, 4) is 0 Å². The van der Waals surface area contributed by atoms with E-state index < -0.39 is 0 Å². The van der Waals surface area contributed by atoms with Gasteiger partial charge in [0.25, 0.3) is 0 Å². The topological polar surface area (TPSA) is 21.6 Å². The summed E-state index contributed by atoms with van der Waals surface area (Å²) in [6.07, 6.45) is 6.26. The van der Waals surface area contributed by atoms with E-state index in [-0.39, 0.29) is 5.60 Å². The molecule has 0 unspecified atom stereocenters. The van der Waals surface area contributed by atoms with Crippen molar-refractivity contribution in [1.29, 1.82) is 0 Å². The summed E-state index contributed by atoms with van der Waals surface area (Å²) in [6, 6.07) is 0. The average Bonchev–Trinajstić information content (AvgIpc) is 2.39. The molecule has 0 radical (unpaired) electrons. The van der Waals surface area contributed by atoms with Crippen LogP contribution in [0, 0.1) is 0 Å². The van der Waals surface area contributed by atoms with E-state index in [9.17, 15) is 0 Å². The van der Waals surface area contributed by atoms with Crippen LogP contribution in [0.2, 0.25) is 0 Å². The third-order valence-corrected chi connectivity index (χ3v) is 2.17. The van der Waals surface area contributed by atoms with Gasteiger partial charge in [0.1, 0.15) is 5.60 Å². The standard InChI is InChI=1S/C9H17NO/c1-3-5-9(6-4-2)7-10-8-11-9/h8H,3-7H2,1-2H3. The van der Waals surface area contributed by atoms with Crippen molar-refractivity contribution in [2.24, 2.45) is 4.99 Å². The van der Waals surface area contributed by atoms with Gasteiger partial charge in [0.2, 0.25) is 0 Å². The van der Waals surface area contributed by atoms with Crippen LogP contribution < -0.4 is 0 Å². The highest BCUT2D eigenvalue weighted by Crippen LogP contribution is 2.26. The molecule has 1 aliphatic heterocycles. The van der Waals surface area contributed by atoms with E-state index in [0.717, 1.165) is 19.4 Å². The Bertz CT molecular complexity index is 126. The van der Waals surface area contributed by atoms with Crippen molar-refractivity contribution in [2.75, 3.05) is 6.54 Å². The van der Waals surface area contributed by atoms with Crippen LogP contribution in [0.1, 0.15) is 39.5 Å². The number of aliphatic imine (C=N–C) groups is 1. The van der Waals surface area contributed by atoms with Gasteiger partial charge < -0.3 is 4.74 Å². The molecule has 1 rings (SSSR count). The Kier molecular flexibility index (Phi) is 2.92. The lowest BCUT2D eigenvalue weighted by atomic mass is 9.93. The van der Waals surface area contributed by atoms with Crippen LogP contribution in [0.25, 0.3) is 0 Å². The van der Waals surface area contributed by atoms with Crippen molar-refractivity contribution in [3.05, 3.63) is 0 Å². The summed E-state index contributed by atoms with van der Waals surface area (Å²) < 4.78 is 5.53. The molecule has 2 nitrogen and oxygen atoms in total. The number of hydrogen-bond acceptors (Lipinski definition) is 2. The summed E-state index contributed by atoms with van der Waals surface area (Å²) in [5, 5.41) is 0. The number of ether oxygens (including phenoxy) is 1. The monoisotopic (exact) mass is 155 g/mol. The zero-order chi connectivity index (χ0) is 8.16. The van der Waals surface area contributed by atoms with E-state index in [1.165, 1.54) is 12.8 Å². The Labute approximate surface area is 68.7 Å². The maximum atomic E-state index is 5.53. The molecule has 0 N–H and O–H groups in total. The molecule has 11 heavy (non-hydrogen) atoms. The van der Waals surface area contributed by atoms with Gasteiger partial charge in [-0.15, -0.1) is 0 Å². The molecule has 0 amide bonds. The Hall–Kier alpha value is -0.530. The number of rotatable bonds is 4. The second-order valence-corrected chi connectivity index (χ2v) is 3.25. The summed E-state index contributed by atoms with van der Waals surface area (Å²) >= 11 is 0. The molecule has 0 aromatic carbocycles. The minimum Gasteiger partial charge on any atom is -0.475 e. The van der Waals surface area contributed by atoms with Crippen LogP contribution in [0.3, 0.4) is 0 Å². The third-order valence-electron chi connectivity index (χ3n) is 2.17. The van der Waals surface area contributed by atoms with Crippen LogP contribution in [0.4, 0.5) is 0 Å². The first kappa shape index (κ1) is 8.57.